The van der Waals surface area contributed by atoms with Crippen LogP contribution < -0.4 is 0 Å². The fourth-order valence-corrected chi connectivity index (χ4v) is 4.13. The summed E-state index contributed by atoms with van der Waals surface area (Å²) in [6, 6.07) is 5.59. The Labute approximate surface area is 234 Å². The third-order valence-corrected chi connectivity index (χ3v) is 6.34. The van der Waals surface area contributed by atoms with Gasteiger partial charge in [0.1, 0.15) is 11.5 Å². The maximum Gasteiger partial charge on any atom is 0.619 e. The van der Waals surface area contributed by atoms with Gasteiger partial charge in [-0.05, 0) is 92.0 Å². The van der Waals surface area contributed by atoms with E-state index >= 15 is 0 Å². The molecule has 0 aromatic heterocycles. The molecule has 0 aliphatic heterocycles. The van der Waals surface area contributed by atoms with Crippen LogP contribution in [0.15, 0.2) is 24.3 Å². The first kappa shape index (κ1) is 32.1. The second kappa shape index (κ2) is 15.5. The summed E-state index contributed by atoms with van der Waals surface area (Å²) < 4.78 is 19.7. The Hall–Kier alpha value is -4.08. The molecule has 10 heteroatoms. The van der Waals surface area contributed by atoms with Crippen LogP contribution in [-0.2, 0) is 47.8 Å². The lowest BCUT2D eigenvalue weighted by Crippen LogP contribution is -2.45. The molecule has 2 rings (SSSR count). The molecule has 0 saturated carbocycles. The van der Waals surface area contributed by atoms with E-state index in [1.165, 1.54) is 24.3 Å². The standard InChI is InChI=1S/C30H38O10/c1-5-8-11-21-15-24(14-20(4)26(21)33)28(35)39-30(37-18-31,38-19-32)40-29(36)25-16-22(12-9-6-2)27(34)23(17-25)13-10-7-3/h14-19,33-34H,5-13H2,1-4H3. The molecule has 0 amide bonds. The molecule has 0 aliphatic rings. The van der Waals surface area contributed by atoms with Gasteiger partial charge in [0.05, 0.1) is 11.1 Å². The Balaban J connectivity index is 2.45. The van der Waals surface area contributed by atoms with Gasteiger partial charge in [-0.2, -0.15) is 0 Å². The second-order valence-corrected chi connectivity index (χ2v) is 9.46. The van der Waals surface area contributed by atoms with Crippen LogP contribution in [0.2, 0.25) is 0 Å². The van der Waals surface area contributed by atoms with Crippen molar-refractivity contribution in [2.75, 3.05) is 0 Å². The first-order chi connectivity index (χ1) is 19.1. The first-order valence-electron chi connectivity index (χ1n) is 13.5. The van der Waals surface area contributed by atoms with Gasteiger partial charge in [-0.3, -0.25) is 9.59 Å². The normalized spacial score (nSPS) is 11.0. The highest BCUT2D eigenvalue weighted by molar-refractivity contribution is 5.92. The van der Waals surface area contributed by atoms with Gasteiger partial charge in [0.15, 0.2) is 0 Å². The third-order valence-electron chi connectivity index (χ3n) is 6.34. The van der Waals surface area contributed by atoms with E-state index in [1.807, 2.05) is 20.8 Å². The van der Waals surface area contributed by atoms with Crippen molar-refractivity contribution in [3.8, 4) is 11.5 Å². The van der Waals surface area contributed by atoms with E-state index in [1.54, 1.807) is 6.92 Å². The van der Waals surface area contributed by atoms with Crippen LogP contribution in [0.1, 0.15) is 102 Å². The Morgan fingerprint density at radius 3 is 1.45 bits per heavy atom. The summed E-state index contributed by atoms with van der Waals surface area (Å²) in [6.45, 7) is 7.16. The van der Waals surface area contributed by atoms with Crippen molar-refractivity contribution in [2.45, 2.75) is 91.6 Å². The molecule has 2 N–H and O–H groups in total. The van der Waals surface area contributed by atoms with Gasteiger partial charge in [0.25, 0.3) is 0 Å². The predicted molar refractivity (Wildman–Crippen MR) is 145 cm³/mol. The van der Waals surface area contributed by atoms with E-state index in [4.69, 9.17) is 18.9 Å². The van der Waals surface area contributed by atoms with Crippen molar-refractivity contribution < 1.29 is 48.3 Å². The van der Waals surface area contributed by atoms with Gasteiger partial charge in [-0.15, -0.1) is 0 Å². The summed E-state index contributed by atoms with van der Waals surface area (Å²) in [5.74, 6) is -2.15. The molecule has 0 saturated heterocycles. The summed E-state index contributed by atoms with van der Waals surface area (Å²) in [4.78, 5) is 49.0. The summed E-state index contributed by atoms with van der Waals surface area (Å²) >= 11 is 0. The average Bonchev–Trinajstić information content (AvgIpc) is 2.92. The van der Waals surface area contributed by atoms with Crippen molar-refractivity contribution in [1.82, 2.24) is 0 Å². The fraction of sp³-hybridized carbons (Fsp3) is 0.467. The molecule has 0 atom stereocenters. The number of ether oxygens (including phenoxy) is 4. The van der Waals surface area contributed by atoms with Gasteiger partial charge in [-0.1, -0.05) is 40.0 Å². The number of phenols is 2. The van der Waals surface area contributed by atoms with Crippen LogP contribution in [0.3, 0.4) is 0 Å². The minimum absolute atomic E-state index is 0.0262. The highest BCUT2D eigenvalue weighted by Gasteiger charge is 2.47. The number of phenolic OH excluding ortho intramolecular Hbond substituents is 2. The van der Waals surface area contributed by atoms with Gasteiger partial charge < -0.3 is 29.2 Å². The quantitative estimate of drug-likeness (QED) is 0.147. The Bertz CT molecular complexity index is 1150. The number of benzene rings is 2. The van der Waals surface area contributed by atoms with Gasteiger partial charge in [-0.25, -0.2) is 9.59 Å². The van der Waals surface area contributed by atoms with Crippen molar-refractivity contribution >= 4 is 24.9 Å². The minimum atomic E-state index is -3.15. The van der Waals surface area contributed by atoms with Crippen LogP contribution in [0.4, 0.5) is 0 Å². The Morgan fingerprint density at radius 2 is 1.07 bits per heavy atom. The zero-order chi connectivity index (χ0) is 29.7. The topological polar surface area (TPSA) is 146 Å². The Morgan fingerprint density at radius 1 is 0.700 bits per heavy atom. The van der Waals surface area contributed by atoms with E-state index < -0.39 is 18.1 Å². The number of unbranched alkanes of at least 4 members (excludes halogenated alkanes) is 3. The number of rotatable bonds is 17. The number of aryl methyl sites for hydroxylation is 4. The van der Waals surface area contributed by atoms with Gasteiger partial charge in [0.2, 0.25) is 0 Å². The van der Waals surface area contributed by atoms with Crippen LogP contribution in [0, 0.1) is 6.92 Å². The highest BCUT2D eigenvalue weighted by Crippen LogP contribution is 2.31. The van der Waals surface area contributed by atoms with E-state index in [0.29, 0.717) is 41.5 Å². The fourth-order valence-electron chi connectivity index (χ4n) is 4.13. The lowest BCUT2D eigenvalue weighted by molar-refractivity contribution is -0.415. The van der Waals surface area contributed by atoms with E-state index in [9.17, 15) is 29.4 Å². The molecule has 0 aliphatic carbocycles. The van der Waals surface area contributed by atoms with E-state index in [0.717, 1.165) is 38.5 Å². The van der Waals surface area contributed by atoms with Crippen molar-refractivity contribution in [3.05, 3.63) is 57.6 Å². The Kier molecular flexibility index (Phi) is 12.4. The largest absolute Gasteiger partial charge is 0.619 e. The molecular weight excluding hydrogens is 520 g/mol. The van der Waals surface area contributed by atoms with E-state index in [2.05, 4.69) is 0 Å². The van der Waals surface area contributed by atoms with Gasteiger partial charge >= 0.3 is 31.0 Å². The summed E-state index contributed by atoms with van der Waals surface area (Å²) in [5, 5.41) is 21.1. The van der Waals surface area contributed by atoms with Crippen LogP contribution in [0.5, 0.6) is 11.5 Å². The maximum atomic E-state index is 13.2. The maximum absolute atomic E-state index is 13.2. The number of esters is 2. The molecular formula is C30H38O10. The summed E-state index contributed by atoms with van der Waals surface area (Å²) in [6.07, 6.45) is 3.17. The van der Waals surface area contributed by atoms with Crippen molar-refractivity contribution in [1.29, 1.82) is 0 Å². The highest BCUT2D eigenvalue weighted by atomic mass is 17.0. The van der Waals surface area contributed by atoms with Crippen molar-refractivity contribution in [3.63, 3.8) is 0 Å². The monoisotopic (exact) mass is 558 g/mol. The zero-order valence-electron chi connectivity index (χ0n) is 23.5. The summed E-state index contributed by atoms with van der Waals surface area (Å²) in [5.41, 5.74) is 1.85. The number of carbonyl (C=O) groups excluding carboxylic acids is 4. The third kappa shape index (κ3) is 8.46. The lowest BCUT2D eigenvalue weighted by Gasteiger charge is -2.26. The lowest BCUT2D eigenvalue weighted by atomic mass is 9.97. The average molecular weight is 559 g/mol. The van der Waals surface area contributed by atoms with Crippen LogP contribution in [-0.4, -0.2) is 41.3 Å². The molecule has 218 valence electrons. The smallest absolute Gasteiger partial charge is 0.507 e. The predicted octanol–water partition coefficient (Wildman–Crippen LogP) is 5.41. The first-order valence-corrected chi connectivity index (χ1v) is 13.5. The number of aromatic hydroxyl groups is 2. The molecule has 0 heterocycles. The molecule has 40 heavy (non-hydrogen) atoms. The zero-order valence-corrected chi connectivity index (χ0v) is 23.5. The van der Waals surface area contributed by atoms with E-state index in [-0.39, 0.29) is 35.6 Å². The molecule has 0 unspecified atom stereocenters. The molecule has 2 aromatic rings. The molecule has 0 spiro atoms. The molecule has 0 bridgehead atoms. The number of carbonyl (C=O) groups is 4. The second-order valence-electron chi connectivity index (χ2n) is 9.46. The summed E-state index contributed by atoms with van der Waals surface area (Å²) in [7, 11) is 0. The number of hydrogen-bond donors (Lipinski definition) is 2. The van der Waals surface area contributed by atoms with Gasteiger partial charge in [0, 0.05) is 0 Å². The molecule has 10 nitrogen and oxygen atoms in total. The molecule has 0 fully saturated rings. The minimum Gasteiger partial charge on any atom is -0.507 e. The van der Waals surface area contributed by atoms with Crippen LogP contribution in [0.25, 0.3) is 0 Å². The molecule has 0 radical (unpaired) electrons. The number of hydrogen-bond acceptors (Lipinski definition) is 10. The van der Waals surface area contributed by atoms with Crippen molar-refractivity contribution in [2.24, 2.45) is 0 Å². The molecule has 2 aromatic carbocycles. The van der Waals surface area contributed by atoms with Crippen LogP contribution >= 0.6 is 0 Å². The SMILES string of the molecule is CCCCc1cc(C(=O)OC(OC=O)(OC=O)OC(=O)c2cc(CCCC)c(O)c(CCCC)c2)cc(C)c1O.